The zero-order valence-corrected chi connectivity index (χ0v) is 13.5. The Morgan fingerprint density at radius 1 is 1.00 bits per heavy atom. The molecule has 0 saturated heterocycles. The molecule has 1 N–H and O–H groups in total. The Labute approximate surface area is 115 Å². The number of hydrogen-bond acceptors (Lipinski definition) is 2. The number of hydrogen-bond donors (Lipinski definition) is 1. The number of ether oxygens (including phenoxy) is 1. The summed E-state index contributed by atoms with van der Waals surface area (Å²) in [6, 6.07) is 0.492. The fourth-order valence-corrected chi connectivity index (χ4v) is 2.60. The van der Waals surface area contributed by atoms with Crippen LogP contribution in [0.5, 0.6) is 0 Å². The third kappa shape index (κ3) is 7.38. The van der Waals surface area contributed by atoms with E-state index < -0.39 is 0 Å². The van der Waals surface area contributed by atoms with Crippen molar-refractivity contribution in [2.75, 3.05) is 13.7 Å². The van der Waals surface area contributed by atoms with Crippen LogP contribution >= 0.6 is 0 Å². The zero-order chi connectivity index (χ0) is 14.0. The smallest absolute Gasteiger partial charge is 0.0772 e. The van der Waals surface area contributed by atoms with Gasteiger partial charge in [0.1, 0.15) is 0 Å². The maximum Gasteiger partial charge on any atom is 0.0772 e. The highest BCUT2D eigenvalue weighted by Gasteiger charge is 2.31. The minimum Gasteiger partial charge on any atom is -0.379 e. The average Bonchev–Trinajstić information content (AvgIpc) is 2.29. The molecule has 0 rings (SSSR count). The van der Waals surface area contributed by atoms with Crippen molar-refractivity contribution < 1.29 is 4.74 Å². The fraction of sp³-hybridized carbons (Fsp3) is 1.00. The quantitative estimate of drug-likeness (QED) is 0.586. The van der Waals surface area contributed by atoms with Crippen molar-refractivity contribution in [3.63, 3.8) is 0 Å². The van der Waals surface area contributed by atoms with Gasteiger partial charge in [-0.05, 0) is 24.8 Å². The van der Waals surface area contributed by atoms with E-state index in [0.717, 1.165) is 6.54 Å². The molecule has 18 heavy (non-hydrogen) atoms. The van der Waals surface area contributed by atoms with Gasteiger partial charge in [0.25, 0.3) is 0 Å². The lowest BCUT2D eigenvalue weighted by Gasteiger charge is -2.36. The molecule has 2 unspecified atom stereocenters. The van der Waals surface area contributed by atoms with Crippen LogP contribution in [-0.2, 0) is 4.74 Å². The summed E-state index contributed by atoms with van der Waals surface area (Å²) in [6.07, 6.45) is 8.04. The maximum atomic E-state index is 5.77. The third-order valence-corrected chi connectivity index (χ3v) is 3.50. The Morgan fingerprint density at radius 2 is 1.67 bits per heavy atom. The molecule has 2 nitrogen and oxygen atoms in total. The van der Waals surface area contributed by atoms with E-state index in [1.54, 1.807) is 0 Å². The van der Waals surface area contributed by atoms with Gasteiger partial charge in [0, 0.05) is 13.2 Å². The Balaban J connectivity index is 4.34. The van der Waals surface area contributed by atoms with Crippen molar-refractivity contribution in [3.8, 4) is 0 Å². The fourth-order valence-electron chi connectivity index (χ4n) is 2.60. The molecule has 0 spiro atoms. The van der Waals surface area contributed by atoms with Gasteiger partial charge in [-0.2, -0.15) is 0 Å². The standard InChI is InChI=1S/C16H35NO/c1-7-9-10-11-12-14(17-13-8-2)15(18-6)16(3,4)5/h14-15,17H,7-13H2,1-6H3. The first kappa shape index (κ1) is 17.9. The van der Waals surface area contributed by atoms with Gasteiger partial charge in [-0.3, -0.25) is 0 Å². The van der Waals surface area contributed by atoms with Crippen LogP contribution in [-0.4, -0.2) is 25.8 Å². The van der Waals surface area contributed by atoms with Crippen molar-refractivity contribution in [1.29, 1.82) is 0 Å². The monoisotopic (exact) mass is 257 g/mol. The van der Waals surface area contributed by atoms with Crippen LogP contribution in [0.25, 0.3) is 0 Å². The summed E-state index contributed by atoms with van der Waals surface area (Å²) in [4.78, 5) is 0. The van der Waals surface area contributed by atoms with Gasteiger partial charge in [0.05, 0.1) is 6.10 Å². The van der Waals surface area contributed by atoms with Crippen LogP contribution in [0, 0.1) is 5.41 Å². The molecule has 0 aliphatic carbocycles. The summed E-state index contributed by atoms with van der Waals surface area (Å²) in [5, 5.41) is 3.68. The highest BCUT2D eigenvalue weighted by Crippen LogP contribution is 2.27. The van der Waals surface area contributed by atoms with Gasteiger partial charge in [-0.25, -0.2) is 0 Å². The molecule has 0 aliphatic rings. The molecule has 0 aliphatic heterocycles. The molecule has 0 saturated carbocycles. The molecular weight excluding hydrogens is 222 g/mol. The molecule has 0 radical (unpaired) electrons. The van der Waals surface area contributed by atoms with Gasteiger partial charge in [0.15, 0.2) is 0 Å². The van der Waals surface area contributed by atoms with Crippen LogP contribution in [0.3, 0.4) is 0 Å². The van der Waals surface area contributed by atoms with Gasteiger partial charge in [0.2, 0.25) is 0 Å². The molecule has 0 aromatic heterocycles. The van der Waals surface area contributed by atoms with E-state index in [0.29, 0.717) is 12.1 Å². The van der Waals surface area contributed by atoms with E-state index in [-0.39, 0.29) is 5.41 Å². The largest absolute Gasteiger partial charge is 0.379 e. The molecule has 0 amide bonds. The second-order valence-corrected chi connectivity index (χ2v) is 6.43. The highest BCUT2D eigenvalue weighted by molar-refractivity contribution is 4.86. The minimum absolute atomic E-state index is 0.199. The molecular formula is C16H35NO. The van der Waals surface area contributed by atoms with Crippen LogP contribution in [0.4, 0.5) is 0 Å². The molecule has 110 valence electrons. The average molecular weight is 257 g/mol. The molecule has 0 bridgehead atoms. The van der Waals surface area contributed by atoms with E-state index in [4.69, 9.17) is 4.74 Å². The van der Waals surface area contributed by atoms with Crippen LogP contribution in [0.15, 0.2) is 0 Å². The van der Waals surface area contributed by atoms with Gasteiger partial charge >= 0.3 is 0 Å². The summed E-state index contributed by atoms with van der Waals surface area (Å²) < 4.78 is 5.77. The number of rotatable bonds is 10. The van der Waals surface area contributed by atoms with E-state index in [2.05, 4.69) is 39.9 Å². The zero-order valence-electron chi connectivity index (χ0n) is 13.5. The van der Waals surface area contributed by atoms with Crippen molar-refractivity contribution >= 4 is 0 Å². The predicted molar refractivity (Wildman–Crippen MR) is 81.1 cm³/mol. The van der Waals surface area contributed by atoms with Gasteiger partial charge in [-0.15, -0.1) is 0 Å². The summed E-state index contributed by atoms with van der Waals surface area (Å²) >= 11 is 0. The Kier molecular flexibility index (Phi) is 9.76. The van der Waals surface area contributed by atoms with E-state index in [1.807, 2.05) is 7.11 Å². The second kappa shape index (κ2) is 9.80. The van der Waals surface area contributed by atoms with Crippen LogP contribution in [0.2, 0.25) is 0 Å². The topological polar surface area (TPSA) is 21.3 Å². The molecule has 2 heteroatoms. The number of nitrogens with one attached hydrogen (secondary N) is 1. The molecule has 2 atom stereocenters. The molecule has 0 aromatic carbocycles. The molecule has 0 fully saturated rings. The van der Waals surface area contributed by atoms with Crippen molar-refractivity contribution in [3.05, 3.63) is 0 Å². The lowest BCUT2D eigenvalue weighted by Crippen LogP contribution is -2.48. The first-order valence-electron chi connectivity index (χ1n) is 7.73. The van der Waals surface area contributed by atoms with Gasteiger partial charge < -0.3 is 10.1 Å². The summed E-state index contributed by atoms with van der Waals surface area (Å²) in [6.45, 7) is 12.4. The summed E-state index contributed by atoms with van der Waals surface area (Å²) in [5.74, 6) is 0. The molecule has 0 heterocycles. The first-order chi connectivity index (χ1) is 8.47. The summed E-state index contributed by atoms with van der Waals surface area (Å²) in [7, 11) is 1.85. The predicted octanol–water partition coefficient (Wildman–Crippen LogP) is 4.39. The highest BCUT2D eigenvalue weighted by atomic mass is 16.5. The minimum atomic E-state index is 0.199. The number of methoxy groups -OCH3 is 1. The Bertz CT molecular complexity index is 186. The normalized spacial score (nSPS) is 15.7. The van der Waals surface area contributed by atoms with E-state index in [9.17, 15) is 0 Å². The third-order valence-electron chi connectivity index (χ3n) is 3.50. The summed E-state index contributed by atoms with van der Waals surface area (Å²) in [5.41, 5.74) is 0.199. The Morgan fingerprint density at radius 3 is 2.11 bits per heavy atom. The van der Waals surface area contributed by atoms with Crippen molar-refractivity contribution in [2.24, 2.45) is 5.41 Å². The van der Waals surface area contributed by atoms with Gasteiger partial charge in [-0.1, -0.05) is 60.3 Å². The number of unbranched alkanes of at least 4 members (excludes halogenated alkanes) is 3. The van der Waals surface area contributed by atoms with Crippen LogP contribution < -0.4 is 5.32 Å². The lowest BCUT2D eigenvalue weighted by molar-refractivity contribution is -0.0136. The van der Waals surface area contributed by atoms with E-state index >= 15 is 0 Å². The SMILES string of the molecule is CCCCCCC(NCCC)C(OC)C(C)(C)C. The van der Waals surface area contributed by atoms with Crippen molar-refractivity contribution in [1.82, 2.24) is 5.32 Å². The molecule has 0 aromatic rings. The first-order valence-corrected chi connectivity index (χ1v) is 7.73. The van der Waals surface area contributed by atoms with Crippen molar-refractivity contribution in [2.45, 2.75) is 85.3 Å². The van der Waals surface area contributed by atoms with Crippen LogP contribution in [0.1, 0.15) is 73.1 Å². The Hall–Kier alpha value is -0.0800. The van der Waals surface area contributed by atoms with E-state index in [1.165, 1.54) is 38.5 Å². The maximum absolute atomic E-state index is 5.77. The second-order valence-electron chi connectivity index (χ2n) is 6.43. The lowest BCUT2D eigenvalue weighted by atomic mass is 9.82.